The monoisotopic (exact) mass is 308 g/mol. The third kappa shape index (κ3) is 4.39. The fourth-order valence-corrected chi connectivity index (χ4v) is 2.93. The van der Waals surface area contributed by atoms with Crippen molar-refractivity contribution in [3.8, 4) is 0 Å². The summed E-state index contributed by atoms with van der Waals surface area (Å²) in [6.45, 7) is 4.61. The molecule has 1 aliphatic heterocycles. The number of para-hydroxylation sites is 1. The molecule has 1 aromatic carbocycles. The first-order valence-corrected chi connectivity index (χ1v) is 8.05. The van der Waals surface area contributed by atoms with Gasteiger partial charge in [0.25, 0.3) is 0 Å². The lowest BCUT2D eigenvalue weighted by molar-refractivity contribution is -0.136. The zero-order valence-corrected chi connectivity index (χ0v) is 12.9. The first-order valence-electron chi connectivity index (χ1n) is 7.00. The molecule has 21 heavy (non-hydrogen) atoms. The van der Waals surface area contributed by atoms with E-state index < -0.39 is 11.2 Å². The molecule has 1 heterocycles. The first kappa shape index (κ1) is 15.7. The van der Waals surface area contributed by atoms with Crippen LogP contribution in [0.15, 0.2) is 30.3 Å². The summed E-state index contributed by atoms with van der Waals surface area (Å²) in [6.07, 6.45) is 0. The highest BCUT2D eigenvalue weighted by Crippen LogP contribution is 2.17. The van der Waals surface area contributed by atoms with Crippen molar-refractivity contribution in [3.63, 3.8) is 0 Å². The van der Waals surface area contributed by atoms with Crippen molar-refractivity contribution in [2.45, 2.75) is 12.2 Å². The Kier molecular flexibility index (Phi) is 5.50. The molecule has 114 valence electrons. The number of anilines is 1. The minimum atomic E-state index is -0.873. The maximum atomic E-state index is 12.1. The molecule has 1 N–H and O–H groups in total. The number of thioether (sulfide) groups is 1. The SMILES string of the molecule is CC(SCC(=O)N1CCN(c2ccccc2)CC1)C(=O)O. The predicted octanol–water partition coefficient (Wildman–Crippen LogP) is 1.54. The van der Waals surface area contributed by atoms with Crippen LogP contribution in [0, 0.1) is 0 Å². The molecule has 0 bridgehead atoms. The Morgan fingerprint density at radius 1 is 1.19 bits per heavy atom. The Morgan fingerprint density at radius 2 is 1.81 bits per heavy atom. The van der Waals surface area contributed by atoms with Gasteiger partial charge >= 0.3 is 5.97 Å². The van der Waals surface area contributed by atoms with Crippen LogP contribution in [-0.2, 0) is 9.59 Å². The molecule has 1 saturated heterocycles. The summed E-state index contributed by atoms with van der Waals surface area (Å²) < 4.78 is 0. The topological polar surface area (TPSA) is 60.9 Å². The maximum Gasteiger partial charge on any atom is 0.316 e. The highest BCUT2D eigenvalue weighted by Gasteiger charge is 2.22. The van der Waals surface area contributed by atoms with Crippen LogP contribution in [0.4, 0.5) is 5.69 Å². The molecular weight excluding hydrogens is 288 g/mol. The fraction of sp³-hybridized carbons (Fsp3) is 0.467. The van der Waals surface area contributed by atoms with Crippen molar-refractivity contribution in [3.05, 3.63) is 30.3 Å². The van der Waals surface area contributed by atoms with E-state index in [9.17, 15) is 9.59 Å². The van der Waals surface area contributed by atoms with E-state index in [4.69, 9.17) is 5.11 Å². The number of carboxylic acid groups (broad SMARTS) is 1. The average Bonchev–Trinajstić information content (AvgIpc) is 2.53. The maximum absolute atomic E-state index is 12.1. The number of nitrogens with zero attached hydrogens (tertiary/aromatic N) is 2. The van der Waals surface area contributed by atoms with Gasteiger partial charge in [-0.05, 0) is 19.1 Å². The lowest BCUT2D eigenvalue weighted by atomic mass is 10.2. The van der Waals surface area contributed by atoms with Crippen LogP contribution in [0.1, 0.15) is 6.92 Å². The van der Waals surface area contributed by atoms with Crippen molar-refractivity contribution in [1.29, 1.82) is 0 Å². The van der Waals surface area contributed by atoms with Gasteiger partial charge in [-0.2, -0.15) is 0 Å². The van der Waals surface area contributed by atoms with E-state index in [-0.39, 0.29) is 11.7 Å². The lowest BCUT2D eigenvalue weighted by Gasteiger charge is -2.36. The van der Waals surface area contributed by atoms with Gasteiger partial charge in [-0.25, -0.2) is 0 Å². The highest BCUT2D eigenvalue weighted by atomic mass is 32.2. The number of amides is 1. The van der Waals surface area contributed by atoms with Gasteiger partial charge < -0.3 is 14.9 Å². The lowest BCUT2D eigenvalue weighted by Crippen LogP contribution is -2.49. The van der Waals surface area contributed by atoms with Crippen molar-refractivity contribution in [2.24, 2.45) is 0 Å². The summed E-state index contributed by atoms with van der Waals surface area (Å²) >= 11 is 1.18. The molecule has 6 heteroatoms. The number of benzene rings is 1. The Morgan fingerprint density at radius 3 is 2.38 bits per heavy atom. The van der Waals surface area contributed by atoms with Crippen LogP contribution in [0.25, 0.3) is 0 Å². The molecule has 0 spiro atoms. The molecule has 1 unspecified atom stereocenters. The predicted molar refractivity (Wildman–Crippen MR) is 84.8 cm³/mol. The second kappa shape index (κ2) is 7.36. The van der Waals surface area contributed by atoms with Gasteiger partial charge in [0.15, 0.2) is 0 Å². The zero-order valence-electron chi connectivity index (χ0n) is 12.1. The first-order chi connectivity index (χ1) is 10.1. The molecular formula is C15H20N2O3S. The molecule has 1 aromatic rings. The fourth-order valence-electron chi connectivity index (χ4n) is 2.21. The molecule has 0 aromatic heterocycles. The van der Waals surface area contributed by atoms with Crippen LogP contribution >= 0.6 is 11.8 Å². The summed E-state index contributed by atoms with van der Waals surface area (Å²) in [7, 11) is 0. The zero-order chi connectivity index (χ0) is 15.2. The summed E-state index contributed by atoms with van der Waals surface area (Å²) in [5, 5.41) is 8.27. The molecule has 5 nitrogen and oxygen atoms in total. The standard InChI is InChI=1S/C15H20N2O3S/c1-12(15(19)20)21-11-14(18)17-9-7-16(8-10-17)13-5-3-2-4-6-13/h2-6,12H,7-11H2,1H3,(H,19,20). The second-order valence-electron chi connectivity index (χ2n) is 4.99. The van der Waals surface area contributed by atoms with Gasteiger partial charge in [-0.15, -0.1) is 11.8 Å². The van der Waals surface area contributed by atoms with Crippen LogP contribution in [0.5, 0.6) is 0 Å². The van der Waals surface area contributed by atoms with Gasteiger partial charge in [0.1, 0.15) is 0 Å². The summed E-state index contributed by atoms with van der Waals surface area (Å²) in [4.78, 5) is 26.9. The van der Waals surface area contributed by atoms with E-state index >= 15 is 0 Å². The minimum Gasteiger partial charge on any atom is -0.480 e. The molecule has 0 radical (unpaired) electrons. The number of piperazine rings is 1. The molecule has 1 amide bonds. The summed E-state index contributed by atoms with van der Waals surface area (Å²) in [6, 6.07) is 10.2. The Bertz CT molecular complexity index is 487. The number of aliphatic carboxylic acids is 1. The van der Waals surface area contributed by atoms with Gasteiger partial charge in [0, 0.05) is 31.9 Å². The summed E-state index contributed by atoms with van der Waals surface area (Å²) in [5.41, 5.74) is 1.18. The molecule has 0 saturated carbocycles. The van der Waals surface area contributed by atoms with E-state index in [1.807, 2.05) is 23.1 Å². The van der Waals surface area contributed by atoms with E-state index in [1.54, 1.807) is 6.92 Å². The van der Waals surface area contributed by atoms with Crippen molar-refractivity contribution < 1.29 is 14.7 Å². The number of hydrogen-bond acceptors (Lipinski definition) is 4. The van der Waals surface area contributed by atoms with E-state index in [1.165, 1.54) is 17.4 Å². The van der Waals surface area contributed by atoms with Gasteiger partial charge in [0.2, 0.25) is 5.91 Å². The van der Waals surface area contributed by atoms with Gasteiger partial charge in [-0.1, -0.05) is 18.2 Å². The average molecular weight is 308 g/mol. The Balaban J connectivity index is 1.78. The quantitative estimate of drug-likeness (QED) is 0.894. The number of carboxylic acids is 1. The normalized spacial score (nSPS) is 16.6. The van der Waals surface area contributed by atoms with Gasteiger partial charge in [-0.3, -0.25) is 9.59 Å². The third-order valence-corrected chi connectivity index (χ3v) is 4.67. The number of rotatable bonds is 5. The molecule has 1 atom stereocenters. The number of carbonyl (C=O) groups is 2. The Labute approximate surface area is 128 Å². The van der Waals surface area contributed by atoms with Crippen molar-refractivity contribution in [2.75, 3.05) is 36.8 Å². The summed E-state index contributed by atoms with van der Waals surface area (Å²) in [5.74, 6) is -0.610. The van der Waals surface area contributed by atoms with Crippen molar-refractivity contribution >= 4 is 29.3 Å². The minimum absolute atomic E-state index is 0.0285. The van der Waals surface area contributed by atoms with Gasteiger partial charge in [0.05, 0.1) is 11.0 Å². The van der Waals surface area contributed by atoms with Crippen LogP contribution in [0.3, 0.4) is 0 Å². The molecule has 1 aliphatic rings. The molecule has 2 rings (SSSR count). The van der Waals surface area contributed by atoms with Crippen molar-refractivity contribution in [1.82, 2.24) is 4.90 Å². The van der Waals surface area contributed by atoms with Crippen LogP contribution < -0.4 is 4.90 Å². The van der Waals surface area contributed by atoms with E-state index in [0.29, 0.717) is 13.1 Å². The smallest absolute Gasteiger partial charge is 0.316 e. The highest BCUT2D eigenvalue weighted by molar-refractivity contribution is 8.01. The van der Waals surface area contributed by atoms with Crippen LogP contribution in [-0.4, -0.2) is 59.1 Å². The van der Waals surface area contributed by atoms with Crippen LogP contribution in [0.2, 0.25) is 0 Å². The third-order valence-electron chi connectivity index (χ3n) is 3.56. The van der Waals surface area contributed by atoms with E-state index in [2.05, 4.69) is 17.0 Å². The van der Waals surface area contributed by atoms with E-state index in [0.717, 1.165) is 13.1 Å². The largest absolute Gasteiger partial charge is 0.480 e. The Hall–Kier alpha value is -1.69. The second-order valence-corrected chi connectivity index (χ2v) is 6.32. The number of hydrogen-bond donors (Lipinski definition) is 1. The number of carbonyl (C=O) groups excluding carboxylic acids is 1. The molecule has 0 aliphatic carbocycles. The molecule has 1 fully saturated rings.